The molecule has 0 aliphatic rings. The van der Waals surface area contributed by atoms with Crippen molar-refractivity contribution in [1.29, 1.82) is 0 Å². The van der Waals surface area contributed by atoms with Crippen molar-refractivity contribution in [2.75, 3.05) is 5.32 Å². The molecule has 128 valence electrons. The van der Waals surface area contributed by atoms with Gasteiger partial charge in [0.1, 0.15) is 17.7 Å². The second-order valence-corrected chi connectivity index (χ2v) is 5.57. The molecular weight excluding hydrogens is 342 g/mol. The van der Waals surface area contributed by atoms with Crippen LogP contribution in [0.4, 0.5) is 20.2 Å². The average molecular weight is 357 g/mol. The molecule has 5 nitrogen and oxygen atoms in total. The fourth-order valence-electron chi connectivity index (χ4n) is 2.33. The van der Waals surface area contributed by atoms with Gasteiger partial charge in [0.15, 0.2) is 0 Å². The predicted octanol–water partition coefficient (Wildman–Crippen LogP) is 4.45. The molecule has 0 radical (unpaired) electrons. The minimum absolute atomic E-state index is 0.0730. The maximum atomic E-state index is 13.8. The summed E-state index contributed by atoms with van der Waals surface area (Å²) in [5.41, 5.74) is -0.293. The zero-order chi connectivity index (χ0) is 17.9. The first kappa shape index (κ1) is 18.1. The summed E-state index contributed by atoms with van der Waals surface area (Å²) in [7, 11) is 0. The number of benzene rings is 2. The van der Waals surface area contributed by atoms with E-state index in [9.17, 15) is 24.0 Å². The van der Waals surface area contributed by atoms with Crippen molar-refractivity contribution < 1.29 is 18.8 Å². The number of aliphatic hydroxyl groups excluding tert-OH is 1. The summed E-state index contributed by atoms with van der Waals surface area (Å²) >= 11 is 5.99. The quantitative estimate of drug-likeness (QED) is 0.592. The van der Waals surface area contributed by atoms with Crippen LogP contribution in [0.2, 0.25) is 5.02 Å². The maximum absolute atomic E-state index is 13.8. The van der Waals surface area contributed by atoms with E-state index in [1.807, 2.05) is 0 Å². The van der Waals surface area contributed by atoms with Crippen LogP contribution in [0.15, 0.2) is 36.4 Å². The van der Waals surface area contributed by atoms with Gasteiger partial charge in [-0.25, -0.2) is 8.78 Å². The van der Waals surface area contributed by atoms with Crippen LogP contribution >= 0.6 is 11.6 Å². The number of non-ortho nitro benzene ring substituents is 1. The third kappa shape index (κ3) is 3.80. The third-order valence-corrected chi connectivity index (χ3v) is 3.93. The lowest BCUT2D eigenvalue weighted by molar-refractivity contribution is -0.384. The number of nitrogens with zero attached hydrogens (tertiary/aromatic N) is 1. The van der Waals surface area contributed by atoms with Crippen LogP contribution in [0.25, 0.3) is 0 Å². The van der Waals surface area contributed by atoms with Gasteiger partial charge in [0.2, 0.25) is 0 Å². The van der Waals surface area contributed by atoms with Gasteiger partial charge in [0, 0.05) is 12.1 Å². The van der Waals surface area contributed by atoms with Gasteiger partial charge >= 0.3 is 0 Å². The third-order valence-electron chi connectivity index (χ3n) is 3.62. The molecule has 2 N–H and O–H groups in total. The first-order chi connectivity index (χ1) is 11.3. The molecule has 0 saturated heterocycles. The van der Waals surface area contributed by atoms with E-state index in [-0.39, 0.29) is 10.7 Å². The fraction of sp³-hybridized carbons (Fsp3) is 0.250. The standard InChI is InChI=1S/C16H15ClF2N2O3/c1-2-13(16(22)15-11(18)4-3-5-12(15)19)20-14-7-6-9(21(23)24)8-10(14)17/h3-8,13,16,20,22H,2H2,1H3/t13-,16+/m0/s1. The van der Waals surface area contributed by atoms with Crippen molar-refractivity contribution in [2.45, 2.75) is 25.5 Å². The molecule has 2 rings (SSSR count). The number of nitrogens with one attached hydrogen (secondary N) is 1. The molecule has 0 heterocycles. The highest BCUT2D eigenvalue weighted by atomic mass is 35.5. The van der Waals surface area contributed by atoms with Gasteiger partial charge in [0.25, 0.3) is 5.69 Å². The molecular formula is C16H15ClF2N2O3. The lowest BCUT2D eigenvalue weighted by Crippen LogP contribution is -2.28. The summed E-state index contributed by atoms with van der Waals surface area (Å²) in [6, 6.07) is 6.38. The molecule has 8 heteroatoms. The maximum Gasteiger partial charge on any atom is 0.271 e. The van der Waals surface area contributed by atoms with Gasteiger partial charge < -0.3 is 10.4 Å². The van der Waals surface area contributed by atoms with E-state index < -0.39 is 34.3 Å². The molecule has 0 aliphatic heterocycles. The van der Waals surface area contributed by atoms with Gasteiger partial charge in [-0.3, -0.25) is 10.1 Å². The minimum Gasteiger partial charge on any atom is -0.386 e. The van der Waals surface area contributed by atoms with Crippen LogP contribution < -0.4 is 5.32 Å². The summed E-state index contributed by atoms with van der Waals surface area (Å²) in [5, 5.41) is 24.0. The van der Waals surface area contributed by atoms with E-state index in [0.717, 1.165) is 18.2 Å². The number of rotatable bonds is 6. The van der Waals surface area contributed by atoms with E-state index in [4.69, 9.17) is 11.6 Å². The minimum atomic E-state index is -1.46. The smallest absolute Gasteiger partial charge is 0.271 e. The Balaban J connectivity index is 2.28. The topological polar surface area (TPSA) is 75.4 Å². The SMILES string of the molecule is CC[C@H](Nc1ccc([N+](=O)[O-])cc1Cl)[C@@H](O)c1c(F)cccc1F. The number of nitro benzene ring substituents is 1. The van der Waals surface area contributed by atoms with Gasteiger partial charge in [-0.1, -0.05) is 24.6 Å². The molecule has 0 unspecified atom stereocenters. The van der Waals surface area contributed by atoms with E-state index in [1.54, 1.807) is 6.92 Å². The van der Waals surface area contributed by atoms with Gasteiger partial charge in [-0.05, 0) is 24.6 Å². The van der Waals surface area contributed by atoms with E-state index >= 15 is 0 Å². The normalized spacial score (nSPS) is 13.4. The van der Waals surface area contributed by atoms with Gasteiger partial charge in [0.05, 0.1) is 27.2 Å². The number of hydrogen-bond acceptors (Lipinski definition) is 4. The monoisotopic (exact) mass is 356 g/mol. The zero-order valence-corrected chi connectivity index (χ0v) is 13.4. The highest BCUT2D eigenvalue weighted by Crippen LogP contribution is 2.31. The second-order valence-electron chi connectivity index (χ2n) is 5.16. The molecule has 2 atom stereocenters. The van der Waals surface area contributed by atoms with Crippen molar-refractivity contribution in [3.05, 3.63) is 68.7 Å². The van der Waals surface area contributed by atoms with Crippen LogP contribution in [0.5, 0.6) is 0 Å². The van der Waals surface area contributed by atoms with E-state index in [2.05, 4.69) is 5.32 Å². The van der Waals surface area contributed by atoms with Gasteiger partial charge in [-0.2, -0.15) is 0 Å². The summed E-state index contributed by atoms with van der Waals surface area (Å²) < 4.78 is 27.7. The van der Waals surface area contributed by atoms with E-state index in [1.165, 1.54) is 18.2 Å². The average Bonchev–Trinajstić information content (AvgIpc) is 2.53. The summed E-state index contributed by atoms with van der Waals surface area (Å²) in [6.45, 7) is 1.72. The fourth-order valence-corrected chi connectivity index (χ4v) is 2.56. The van der Waals surface area contributed by atoms with Crippen molar-refractivity contribution in [1.82, 2.24) is 0 Å². The summed E-state index contributed by atoms with van der Waals surface area (Å²) in [5.74, 6) is -1.70. The van der Waals surface area contributed by atoms with Crippen LogP contribution in [-0.2, 0) is 0 Å². The van der Waals surface area contributed by atoms with Crippen LogP contribution in [-0.4, -0.2) is 16.1 Å². The molecule has 0 aromatic heterocycles. The Bertz CT molecular complexity index is 738. The number of halogens is 3. The molecule has 0 amide bonds. The Hall–Kier alpha value is -2.25. The van der Waals surface area contributed by atoms with Crippen LogP contribution in [0.3, 0.4) is 0 Å². The highest BCUT2D eigenvalue weighted by molar-refractivity contribution is 6.33. The molecule has 0 bridgehead atoms. The molecule has 24 heavy (non-hydrogen) atoms. The molecule has 0 spiro atoms. The van der Waals surface area contributed by atoms with Crippen molar-refractivity contribution in [3.63, 3.8) is 0 Å². The lowest BCUT2D eigenvalue weighted by Gasteiger charge is -2.25. The van der Waals surface area contributed by atoms with Crippen molar-refractivity contribution in [3.8, 4) is 0 Å². The van der Waals surface area contributed by atoms with Crippen molar-refractivity contribution in [2.24, 2.45) is 0 Å². The summed E-state index contributed by atoms with van der Waals surface area (Å²) in [6.07, 6.45) is -1.12. The molecule has 0 saturated carbocycles. The summed E-state index contributed by atoms with van der Waals surface area (Å²) in [4.78, 5) is 10.1. The molecule has 2 aromatic carbocycles. The largest absolute Gasteiger partial charge is 0.386 e. The molecule has 0 fully saturated rings. The number of hydrogen-bond donors (Lipinski definition) is 2. The Morgan fingerprint density at radius 3 is 2.42 bits per heavy atom. The van der Waals surface area contributed by atoms with Crippen LogP contribution in [0, 0.1) is 21.7 Å². The Labute approximate surface area is 142 Å². The Kier molecular flexibility index (Phi) is 5.69. The van der Waals surface area contributed by atoms with Crippen LogP contribution in [0.1, 0.15) is 25.0 Å². The first-order valence-corrected chi connectivity index (χ1v) is 7.55. The first-order valence-electron chi connectivity index (χ1n) is 7.17. The molecule has 2 aromatic rings. The number of aliphatic hydroxyl groups is 1. The number of nitro groups is 1. The lowest BCUT2D eigenvalue weighted by atomic mass is 9.99. The van der Waals surface area contributed by atoms with Gasteiger partial charge in [-0.15, -0.1) is 0 Å². The molecule has 0 aliphatic carbocycles. The van der Waals surface area contributed by atoms with Crippen molar-refractivity contribution >= 4 is 23.0 Å². The second kappa shape index (κ2) is 7.55. The zero-order valence-electron chi connectivity index (χ0n) is 12.7. The Morgan fingerprint density at radius 1 is 1.29 bits per heavy atom. The predicted molar refractivity (Wildman–Crippen MR) is 87.1 cm³/mol. The highest BCUT2D eigenvalue weighted by Gasteiger charge is 2.26. The Morgan fingerprint density at radius 2 is 1.92 bits per heavy atom. The van der Waals surface area contributed by atoms with E-state index in [0.29, 0.717) is 12.1 Å². The number of anilines is 1.